The number of methoxy groups -OCH3 is 1. The van der Waals surface area contributed by atoms with Gasteiger partial charge in [0, 0.05) is 45.5 Å². The van der Waals surface area contributed by atoms with E-state index in [4.69, 9.17) is 9.73 Å². The van der Waals surface area contributed by atoms with Crippen LogP contribution >= 0.6 is 0 Å². The molecule has 184 valence electrons. The van der Waals surface area contributed by atoms with E-state index in [0.29, 0.717) is 13.1 Å². The van der Waals surface area contributed by atoms with Gasteiger partial charge in [-0.3, -0.25) is 15.0 Å². The number of likely N-dealkylation sites (N-methyl/N-ethyl adjacent to an activating group) is 1. The van der Waals surface area contributed by atoms with E-state index >= 15 is 0 Å². The summed E-state index contributed by atoms with van der Waals surface area (Å²) in [4.78, 5) is 38.4. The number of nitrogens with one attached hydrogen (secondary N) is 1. The molecule has 0 aromatic heterocycles. The third-order valence-corrected chi connectivity index (χ3v) is 7.22. The van der Waals surface area contributed by atoms with Crippen LogP contribution in [0.2, 0.25) is 0 Å². The van der Waals surface area contributed by atoms with Crippen molar-refractivity contribution in [2.45, 2.75) is 25.7 Å². The number of piperazine rings is 1. The van der Waals surface area contributed by atoms with E-state index in [-0.39, 0.29) is 5.91 Å². The van der Waals surface area contributed by atoms with Crippen LogP contribution in [0.4, 0.5) is 10.5 Å². The summed E-state index contributed by atoms with van der Waals surface area (Å²) < 4.78 is 5.27. The van der Waals surface area contributed by atoms with Crippen LogP contribution < -0.4 is 15.0 Å². The summed E-state index contributed by atoms with van der Waals surface area (Å²) in [6, 6.07) is 15.4. The second-order valence-electron chi connectivity index (χ2n) is 9.32. The average Bonchev–Trinajstić information content (AvgIpc) is 3.23. The standard InChI is InChI=1S/C26H32N6O3/c1-18-6-4-5-7-19(18)16-32-22(27-24-23(32)25(33)28-26(34)29(24)2)17-30-12-14-31(15-13-30)20-8-10-21(35-3)11-9-20/h4-11,23-24H,12-17H2,1-3H3,(H,28,33,34). The second-order valence-corrected chi connectivity index (χ2v) is 9.32. The first kappa shape index (κ1) is 23.2. The number of hydrogen-bond acceptors (Lipinski definition) is 7. The van der Waals surface area contributed by atoms with Crippen molar-refractivity contribution < 1.29 is 14.3 Å². The van der Waals surface area contributed by atoms with Gasteiger partial charge in [-0.25, -0.2) is 9.79 Å². The molecule has 9 heteroatoms. The van der Waals surface area contributed by atoms with Gasteiger partial charge in [0.05, 0.1) is 13.7 Å². The topological polar surface area (TPSA) is 80.7 Å². The van der Waals surface area contributed by atoms with Crippen LogP contribution in [-0.4, -0.2) is 91.6 Å². The molecule has 9 nitrogen and oxygen atoms in total. The highest BCUT2D eigenvalue weighted by Gasteiger charge is 2.48. The fraction of sp³-hybridized carbons (Fsp3) is 0.423. The lowest BCUT2D eigenvalue weighted by Gasteiger charge is -2.38. The maximum Gasteiger partial charge on any atom is 0.325 e. The first-order valence-corrected chi connectivity index (χ1v) is 12.0. The Morgan fingerprint density at radius 1 is 1.00 bits per heavy atom. The summed E-state index contributed by atoms with van der Waals surface area (Å²) >= 11 is 0. The van der Waals surface area contributed by atoms with Crippen LogP contribution in [0.1, 0.15) is 11.1 Å². The van der Waals surface area contributed by atoms with Gasteiger partial charge in [-0.1, -0.05) is 24.3 Å². The van der Waals surface area contributed by atoms with Crippen LogP contribution in [0.5, 0.6) is 5.75 Å². The summed E-state index contributed by atoms with van der Waals surface area (Å²) in [5.74, 6) is 1.43. The smallest absolute Gasteiger partial charge is 0.325 e. The van der Waals surface area contributed by atoms with Crippen molar-refractivity contribution in [2.75, 3.05) is 51.8 Å². The molecule has 0 spiro atoms. The first-order chi connectivity index (χ1) is 16.9. The molecule has 2 aromatic rings. The number of imide groups is 1. The Kier molecular flexibility index (Phi) is 6.34. The van der Waals surface area contributed by atoms with Crippen molar-refractivity contribution >= 4 is 23.5 Å². The van der Waals surface area contributed by atoms with Crippen LogP contribution in [0, 0.1) is 6.92 Å². The van der Waals surface area contributed by atoms with Crippen molar-refractivity contribution in [3.63, 3.8) is 0 Å². The molecule has 0 radical (unpaired) electrons. The Bertz CT molecular complexity index is 1130. The number of fused-ring (bicyclic) bond motifs is 1. The minimum Gasteiger partial charge on any atom is -0.497 e. The van der Waals surface area contributed by atoms with Gasteiger partial charge in [0.1, 0.15) is 11.6 Å². The molecule has 3 heterocycles. The number of hydrogen-bond donors (Lipinski definition) is 1. The lowest BCUT2D eigenvalue weighted by atomic mass is 10.1. The van der Waals surface area contributed by atoms with E-state index in [1.165, 1.54) is 16.2 Å². The fourth-order valence-corrected chi connectivity index (χ4v) is 5.03. The zero-order valence-electron chi connectivity index (χ0n) is 20.5. The molecule has 3 aliphatic rings. The summed E-state index contributed by atoms with van der Waals surface area (Å²) in [5, 5.41) is 2.49. The zero-order valence-corrected chi connectivity index (χ0v) is 20.5. The van der Waals surface area contributed by atoms with Gasteiger partial charge in [0.15, 0.2) is 12.2 Å². The number of amides is 3. The van der Waals surface area contributed by atoms with Crippen molar-refractivity contribution in [1.82, 2.24) is 20.0 Å². The normalized spacial score (nSPS) is 22.7. The van der Waals surface area contributed by atoms with Crippen molar-refractivity contribution in [3.05, 3.63) is 59.7 Å². The number of urea groups is 1. The van der Waals surface area contributed by atoms with Crippen molar-refractivity contribution in [1.29, 1.82) is 0 Å². The van der Waals surface area contributed by atoms with Gasteiger partial charge in [-0.15, -0.1) is 0 Å². The molecule has 2 atom stereocenters. The molecule has 0 bridgehead atoms. The Labute approximate surface area is 206 Å². The molecule has 1 N–H and O–H groups in total. The third-order valence-electron chi connectivity index (χ3n) is 7.22. The van der Waals surface area contributed by atoms with Gasteiger partial charge >= 0.3 is 6.03 Å². The molecule has 2 aromatic carbocycles. The largest absolute Gasteiger partial charge is 0.497 e. The van der Waals surface area contributed by atoms with Gasteiger partial charge in [0.2, 0.25) is 0 Å². The Hall–Kier alpha value is -3.59. The van der Waals surface area contributed by atoms with Gasteiger partial charge < -0.3 is 19.4 Å². The first-order valence-electron chi connectivity index (χ1n) is 12.0. The summed E-state index contributed by atoms with van der Waals surface area (Å²) in [6.07, 6.45) is -0.504. The predicted octanol–water partition coefficient (Wildman–Crippen LogP) is 1.92. The summed E-state index contributed by atoms with van der Waals surface area (Å²) in [6.45, 7) is 6.89. The number of aryl methyl sites for hydroxylation is 1. The van der Waals surface area contributed by atoms with Crippen LogP contribution in [-0.2, 0) is 11.3 Å². The highest BCUT2D eigenvalue weighted by Crippen LogP contribution is 2.27. The van der Waals surface area contributed by atoms with Crippen LogP contribution in [0.3, 0.4) is 0 Å². The number of ether oxygens (including phenoxy) is 1. The highest BCUT2D eigenvalue weighted by atomic mass is 16.5. The van der Waals surface area contributed by atoms with E-state index in [1.807, 2.05) is 24.3 Å². The number of amidine groups is 1. The Balaban J connectivity index is 1.31. The quantitative estimate of drug-likeness (QED) is 0.686. The molecule has 35 heavy (non-hydrogen) atoms. The zero-order chi connectivity index (χ0) is 24.5. The second kappa shape index (κ2) is 9.58. The molecular weight excluding hydrogens is 444 g/mol. The molecular formula is C26H32N6O3. The number of rotatable bonds is 6. The maximum absolute atomic E-state index is 12.9. The fourth-order valence-electron chi connectivity index (χ4n) is 5.03. The number of carbonyl (C=O) groups is 2. The van der Waals surface area contributed by atoms with Gasteiger partial charge in [0.25, 0.3) is 5.91 Å². The van der Waals surface area contributed by atoms with Gasteiger partial charge in [-0.2, -0.15) is 0 Å². The lowest BCUT2D eigenvalue weighted by molar-refractivity contribution is -0.127. The third kappa shape index (κ3) is 4.55. The monoisotopic (exact) mass is 476 g/mol. The molecule has 2 fully saturated rings. The SMILES string of the molecule is COc1ccc(N2CCN(CC3=NC4C(C(=O)NC(=O)N4C)N3Cc3ccccc3C)CC2)cc1. The molecule has 0 saturated carbocycles. The number of anilines is 1. The van der Waals surface area contributed by atoms with Crippen LogP contribution in [0.15, 0.2) is 53.5 Å². The molecule has 0 aliphatic carbocycles. The predicted molar refractivity (Wildman–Crippen MR) is 135 cm³/mol. The lowest BCUT2D eigenvalue weighted by Crippen LogP contribution is -2.63. The maximum atomic E-state index is 12.9. The van der Waals surface area contributed by atoms with Crippen LogP contribution in [0.25, 0.3) is 0 Å². The minimum absolute atomic E-state index is 0.283. The number of aliphatic imine (C=N–C) groups is 1. The molecule has 3 amide bonds. The highest BCUT2D eigenvalue weighted by molar-refractivity contribution is 6.04. The van der Waals surface area contributed by atoms with E-state index in [9.17, 15) is 9.59 Å². The Morgan fingerprint density at radius 2 is 1.71 bits per heavy atom. The minimum atomic E-state index is -0.520. The molecule has 2 unspecified atom stereocenters. The van der Waals surface area contributed by atoms with E-state index < -0.39 is 18.2 Å². The average molecular weight is 477 g/mol. The van der Waals surface area contributed by atoms with Crippen molar-refractivity contribution in [2.24, 2.45) is 4.99 Å². The summed E-state index contributed by atoms with van der Waals surface area (Å²) in [7, 11) is 3.38. The number of nitrogens with zero attached hydrogens (tertiary/aromatic N) is 5. The molecule has 3 aliphatic heterocycles. The Morgan fingerprint density at radius 3 is 2.40 bits per heavy atom. The van der Waals surface area contributed by atoms with Crippen molar-refractivity contribution in [3.8, 4) is 5.75 Å². The van der Waals surface area contributed by atoms with Gasteiger partial charge in [-0.05, 0) is 42.3 Å². The van der Waals surface area contributed by atoms with E-state index in [0.717, 1.165) is 43.3 Å². The number of benzene rings is 2. The molecule has 5 rings (SSSR count). The van der Waals surface area contributed by atoms with E-state index in [1.54, 1.807) is 14.2 Å². The summed E-state index contributed by atoms with van der Waals surface area (Å²) in [5.41, 5.74) is 3.51. The molecule has 2 saturated heterocycles. The van der Waals surface area contributed by atoms with E-state index in [2.05, 4.69) is 51.2 Å². The number of carbonyl (C=O) groups excluding carboxylic acids is 2.